The number of nitrogens with one attached hydrogen (secondary N) is 1. The quantitative estimate of drug-likeness (QED) is 0.837. The van der Waals surface area contributed by atoms with Crippen molar-refractivity contribution in [3.63, 3.8) is 0 Å². The zero-order chi connectivity index (χ0) is 13.0. The van der Waals surface area contributed by atoms with Crippen LogP contribution in [0.3, 0.4) is 0 Å². The normalized spacial score (nSPS) is 20.2. The first kappa shape index (κ1) is 13.5. The third-order valence-corrected chi connectivity index (χ3v) is 4.37. The van der Waals surface area contributed by atoms with E-state index in [1.165, 1.54) is 9.75 Å². The van der Waals surface area contributed by atoms with Crippen molar-refractivity contribution in [2.45, 2.75) is 32.4 Å². The summed E-state index contributed by atoms with van der Waals surface area (Å²) in [7, 11) is 0. The molecule has 0 radical (unpaired) electrons. The van der Waals surface area contributed by atoms with Crippen molar-refractivity contribution in [3.05, 3.63) is 21.9 Å². The smallest absolute Gasteiger partial charge is 0.234 e. The van der Waals surface area contributed by atoms with E-state index in [2.05, 4.69) is 24.4 Å². The van der Waals surface area contributed by atoms with E-state index in [9.17, 15) is 9.90 Å². The van der Waals surface area contributed by atoms with Gasteiger partial charge >= 0.3 is 0 Å². The van der Waals surface area contributed by atoms with Gasteiger partial charge in [0.05, 0.1) is 19.2 Å². The number of carbonyl (C=O) groups is 1. The van der Waals surface area contributed by atoms with E-state index < -0.39 is 0 Å². The molecule has 2 rings (SSSR count). The Morgan fingerprint density at radius 1 is 1.56 bits per heavy atom. The molecule has 0 unspecified atom stereocenters. The molecule has 18 heavy (non-hydrogen) atoms. The summed E-state index contributed by atoms with van der Waals surface area (Å²) in [6, 6.07) is 4.19. The predicted molar refractivity (Wildman–Crippen MR) is 72.6 cm³/mol. The molecule has 0 aliphatic carbocycles. The van der Waals surface area contributed by atoms with Crippen LogP contribution in [0.15, 0.2) is 12.1 Å². The molecule has 1 fully saturated rings. The molecule has 0 saturated carbocycles. The topological polar surface area (TPSA) is 52.6 Å². The molecule has 1 saturated heterocycles. The fourth-order valence-corrected chi connectivity index (χ4v) is 3.01. The first-order chi connectivity index (χ1) is 8.67. The Bertz CT molecular complexity index is 405. The number of likely N-dealkylation sites (tertiary alicyclic amines) is 1. The highest BCUT2D eigenvalue weighted by molar-refractivity contribution is 7.11. The zero-order valence-corrected chi connectivity index (χ0v) is 11.5. The Labute approximate surface area is 112 Å². The lowest BCUT2D eigenvalue weighted by atomic mass is 10.3. The first-order valence-corrected chi connectivity index (χ1v) is 7.23. The van der Waals surface area contributed by atoms with E-state index in [4.69, 9.17) is 0 Å². The molecule has 1 aliphatic heterocycles. The van der Waals surface area contributed by atoms with Gasteiger partial charge in [-0.05, 0) is 25.0 Å². The van der Waals surface area contributed by atoms with Crippen molar-refractivity contribution < 1.29 is 9.90 Å². The van der Waals surface area contributed by atoms with E-state index in [0.717, 1.165) is 19.4 Å². The Hall–Kier alpha value is -0.910. The Balaban J connectivity index is 1.71. The molecular formula is C13H20N2O2S. The second-order valence-corrected chi connectivity index (χ2v) is 5.93. The summed E-state index contributed by atoms with van der Waals surface area (Å²) in [6.07, 6.45) is 1.56. The molecule has 0 bridgehead atoms. The lowest BCUT2D eigenvalue weighted by molar-refractivity contribution is -0.122. The summed E-state index contributed by atoms with van der Waals surface area (Å²) in [5, 5.41) is 12.3. The minimum atomic E-state index is -0.262. The fourth-order valence-electron chi connectivity index (χ4n) is 2.11. The van der Waals surface area contributed by atoms with Crippen molar-refractivity contribution in [2.24, 2.45) is 0 Å². The van der Waals surface area contributed by atoms with Crippen LogP contribution in [-0.4, -0.2) is 41.7 Å². The number of amides is 1. The van der Waals surface area contributed by atoms with Crippen LogP contribution in [0.2, 0.25) is 0 Å². The van der Waals surface area contributed by atoms with Crippen LogP contribution in [0.25, 0.3) is 0 Å². The molecule has 0 aromatic carbocycles. The molecule has 100 valence electrons. The van der Waals surface area contributed by atoms with Crippen molar-refractivity contribution in [1.29, 1.82) is 0 Å². The highest BCUT2D eigenvalue weighted by atomic mass is 32.1. The van der Waals surface area contributed by atoms with Gasteiger partial charge in [0.1, 0.15) is 0 Å². The molecule has 1 amide bonds. The fraction of sp³-hybridized carbons (Fsp3) is 0.615. The summed E-state index contributed by atoms with van der Waals surface area (Å²) in [5.74, 6) is 0.0375. The standard InChI is InChI=1S/C13H20N2O2S/c1-2-11-3-4-12(18-11)7-14-13(17)9-15-6-5-10(16)8-15/h3-4,10,16H,2,5-9H2,1H3,(H,14,17)/t10-/m0/s1. The minimum Gasteiger partial charge on any atom is -0.392 e. The summed E-state index contributed by atoms with van der Waals surface area (Å²) < 4.78 is 0. The SMILES string of the molecule is CCc1ccc(CNC(=O)CN2CC[C@H](O)C2)s1. The van der Waals surface area contributed by atoms with Crippen molar-refractivity contribution in [3.8, 4) is 0 Å². The highest BCUT2D eigenvalue weighted by Crippen LogP contribution is 2.16. The van der Waals surface area contributed by atoms with E-state index in [0.29, 0.717) is 19.6 Å². The molecule has 2 N–H and O–H groups in total. The Morgan fingerprint density at radius 2 is 2.33 bits per heavy atom. The molecule has 0 spiro atoms. The molecule has 1 aromatic rings. The number of hydrogen-bond acceptors (Lipinski definition) is 4. The number of aliphatic hydroxyl groups is 1. The maximum absolute atomic E-state index is 11.7. The Kier molecular flexibility index (Phi) is 4.74. The summed E-state index contributed by atoms with van der Waals surface area (Å²) in [6.45, 7) is 4.57. The Morgan fingerprint density at radius 3 is 2.94 bits per heavy atom. The highest BCUT2D eigenvalue weighted by Gasteiger charge is 2.21. The molecular weight excluding hydrogens is 248 g/mol. The average molecular weight is 268 g/mol. The summed E-state index contributed by atoms with van der Waals surface area (Å²) in [4.78, 5) is 16.3. The molecule has 4 nitrogen and oxygen atoms in total. The van der Waals surface area contributed by atoms with Gasteiger partial charge in [0.15, 0.2) is 0 Å². The van der Waals surface area contributed by atoms with Gasteiger partial charge in [0, 0.05) is 22.8 Å². The van der Waals surface area contributed by atoms with E-state index >= 15 is 0 Å². The minimum absolute atomic E-state index is 0.0375. The average Bonchev–Trinajstić information content (AvgIpc) is 2.95. The summed E-state index contributed by atoms with van der Waals surface area (Å²) in [5.41, 5.74) is 0. The molecule has 2 heterocycles. The van der Waals surface area contributed by atoms with Crippen molar-refractivity contribution >= 4 is 17.2 Å². The lowest BCUT2D eigenvalue weighted by Gasteiger charge is -2.14. The number of aryl methyl sites for hydroxylation is 1. The van der Waals surface area contributed by atoms with E-state index in [1.807, 2.05) is 4.90 Å². The predicted octanol–water partition coefficient (Wildman–Crippen LogP) is 0.993. The number of carbonyl (C=O) groups excluding carboxylic acids is 1. The second-order valence-electron chi connectivity index (χ2n) is 4.68. The lowest BCUT2D eigenvalue weighted by Crippen LogP contribution is -2.36. The second kappa shape index (κ2) is 6.31. The van der Waals surface area contributed by atoms with Crippen LogP contribution in [0.1, 0.15) is 23.1 Å². The number of rotatable bonds is 5. The van der Waals surface area contributed by atoms with Gasteiger partial charge in [-0.25, -0.2) is 0 Å². The third-order valence-electron chi connectivity index (χ3n) is 3.14. The number of β-amino-alcohol motifs (C(OH)–C–C–N with tert-alkyl or cyclic N) is 1. The van der Waals surface area contributed by atoms with Crippen molar-refractivity contribution in [1.82, 2.24) is 10.2 Å². The van der Waals surface area contributed by atoms with Crippen LogP contribution < -0.4 is 5.32 Å². The number of thiophene rings is 1. The van der Waals surface area contributed by atoms with Crippen LogP contribution in [0, 0.1) is 0 Å². The van der Waals surface area contributed by atoms with Crippen molar-refractivity contribution in [2.75, 3.05) is 19.6 Å². The molecule has 5 heteroatoms. The van der Waals surface area contributed by atoms with Gasteiger partial charge < -0.3 is 10.4 Å². The monoisotopic (exact) mass is 268 g/mol. The zero-order valence-electron chi connectivity index (χ0n) is 10.7. The number of hydrogen-bond donors (Lipinski definition) is 2. The van der Waals surface area contributed by atoms with Gasteiger partial charge in [-0.15, -0.1) is 11.3 Å². The van der Waals surface area contributed by atoms with E-state index in [-0.39, 0.29) is 12.0 Å². The molecule has 1 atom stereocenters. The number of aliphatic hydroxyl groups excluding tert-OH is 1. The molecule has 1 aromatic heterocycles. The van der Waals surface area contributed by atoms with Gasteiger partial charge in [0.25, 0.3) is 0 Å². The number of nitrogens with zero attached hydrogens (tertiary/aromatic N) is 1. The van der Waals surface area contributed by atoms with Gasteiger partial charge in [-0.2, -0.15) is 0 Å². The van der Waals surface area contributed by atoms with Gasteiger partial charge in [0.2, 0.25) is 5.91 Å². The van der Waals surface area contributed by atoms with Crippen LogP contribution >= 0.6 is 11.3 Å². The molecule has 1 aliphatic rings. The third kappa shape index (κ3) is 3.80. The van der Waals surface area contributed by atoms with E-state index in [1.54, 1.807) is 11.3 Å². The maximum atomic E-state index is 11.7. The largest absolute Gasteiger partial charge is 0.392 e. The van der Waals surface area contributed by atoms with Gasteiger partial charge in [-0.1, -0.05) is 6.92 Å². The maximum Gasteiger partial charge on any atom is 0.234 e. The van der Waals surface area contributed by atoms with Crippen LogP contribution in [0.5, 0.6) is 0 Å². The van der Waals surface area contributed by atoms with Gasteiger partial charge in [-0.3, -0.25) is 9.69 Å². The summed E-state index contributed by atoms with van der Waals surface area (Å²) >= 11 is 1.75. The van der Waals surface area contributed by atoms with Crippen LogP contribution in [0.4, 0.5) is 0 Å². The van der Waals surface area contributed by atoms with Crippen LogP contribution in [-0.2, 0) is 17.8 Å². The first-order valence-electron chi connectivity index (χ1n) is 6.42.